The summed E-state index contributed by atoms with van der Waals surface area (Å²) in [6.45, 7) is 3.56. The van der Waals surface area contributed by atoms with E-state index in [1.165, 1.54) is 0 Å². The predicted molar refractivity (Wildman–Crippen MR) is 45.9 cm³/mol. The van der Waals surface area contributed by atoms with Crippen molar-refractivity contribution in [2.75, 3.05) is 20.8 Å². The van der Waals surface area contributed by atoms with Crippen molar-refractivity contribution in [1.82, 2.24) is 4.90 Å². The summed E-state index contributed by atoms with van der Waals surface area (Å²) in [7, 11) is 3.63. The first kappa shape index (κ1) is 12.3. The van der Waals surface area contributed by atoms with Gasteiger partial charge in [-0.05, 0) is 14.1 Å². The number of rotatable bonds is 3. The monoisotopic (exact) mass is 163 g/mol. The van der Waals surface area contributed by atoms with Gasteiger partial charge in [0.05, 0.1) is 0 Å². The second-order valence-corrected chi connectivity index (χ2v) is 1.88. The quantitative estimate of drug-likeness (QED) is 0.259. The highest BCUT2D eigenvalue weighted by atomic mass is 31.0. The Morgan fingerprint density at radius 2 is 2.20 bits per heavy atom. The molecule has 0 spiro atoms. The molecule has 0 amide bonds. The standard InChI is InChI=1S/C6H11NO2.H3P/c1-4-6(8)9-5-7(2)3;/h4H,1,5H2,2-3H3;1H3. The van der Waals surface area contributed by atoms with Gasteiger partial charge in [-0.15, -0.1) is 0 Å². The highest BCUT2D eigenvalue weighted by Crippen LogP contribution is 1.80. The predicted octanol–water partition coefficient (Wildman–Crippen LogP) is 0.293. The summed E-state index contributed by atoms with van der Waals surface area (Å²) < 4.78 is 4.62. The summed E-state index contributed by atoms with van der Waals surface area (Å²) in [5, 5.41) is 0. The highest BCUT2D eigenvalue weighted by molar-refractivity contribution is 6.92. The molecule has 0 rings (SSSR count). The lowest BCUT2D eigenvalue weighted by molar-refractivity contribution is -0.141. The van der Waals surface area contributed by atoms with Crippen molar-refractivity contribution in [2.45, 2.75) is 0 Å². The second kappa shape index (κ2) is 6.72. The van der Waals surface area contributed by atoms with Crippen molar-refractivity contribution < 1.29 is 9.53 Å². The molecule has 4 heteroatoms. The molecule has 0 aliphatic carbocycles. The van der Waals surface area contributed by atoms with Gasteiger partial charge in [0.1, 0.15) is 6.73 Å². The van der Waals surface area contributed by atoms with Crippen molar-refractivity contribution in [1.29, 1.82) is 0 Å². The third-order valence-electron chi connectivity index (χ3n) is 0.632. The molecule has 0 aromatic rings. The van der Waals surface area contributed by atoms with Gasteiger partial charge < -0.3 is 4.74 Å². The number of carbonyl (C=O) groups excluding carboxylic acids is 1. The Morgan fingerprint density at radius 1 is 1.70 bits per heavy atom. The molecule has 0 aromatic carbocycles. The molecule has 0 bridgehead atoms. The van der Waals surface area contributed by atoms with Gasteiger partial charge in [0.25, 0.3) is 0 Å². The Morgan fingerprint density at radius 3 is 2.50 bits per heavy atom. The number of esters is 1. The van der Waals surface area contributed by atoms with Crippen LogP contribution in [0.15, 0.2) is 12.7 Å². The maximum Gasteiger partial charge on any atom is 0.331 e. The molecule has 0 aliphatic rings. The third-order valence-corrected chi connectivity index (χ3v) is 0.632. The molecule has 3 nitrogen and oxygen atoms in total. The summed E-state index contributed by atoms with van der Waals surface area (Å²) in [6.07, 6.45) is 1.14. The average Bonchev–Trinajstić information content (AvgIpc) is 1.83. The minimum atomic E-state index is -0.385. The van der Waals surface area contributed by atoms with Gasteiger partial charge in [-0.1, -0.05) is 6.58 Å². The Bertz CT molecular complexity index is 114. The topological polar surface area (TPSA) is 29.5 Å². The van der Waals surface area contributed by atoms with Crippen LogP contribution in [-0.4, -0.2) is 31.7 Å². The molecule has 0 saturated carbocycles. The molecule has 1 unspecified atom stereocenters. The Hall–Kier alpha value is -0.400. The van der Waals surface area contributed by atoms with E-state index in [4.69, 9.17) is 0 Å². The van der Waals surface area contributed by atoms with Gasteiger partial charge in [-0.25, -0.2) is 4.79 Å². The molecule has 0 heterocycles. The van der Waals surface area contributed by atoms with Crippen LogP contribution in [0.25, 0.3) is 0 Å². The zero-order valence-electron chi connectivity index (χ0n) is 6.46. The van der Waals surface area contributed by atoms with E-state index in [9.17, 15) is 4.79 Å². The van der Waals surface area contributed by atoms with E-state index in [1.807, 2.05) is 14.1 Å². The molecule has 1 atom stereocenters. The van der Waals surface area contributed by atoms with E-state index < -0.39 is 0 Å². The Labute approximate surface area is 64.7 Å². The lowest BCUT2D eigenvalue weighted by atomic mass is 10.7. The van der Waals surface area contributed by atoms with Crippen LogP contribution in [-0.2, 0) is 9.53 Å². The van der Waals surface area contributed by atoms with Gasteiger partial charge >= 0.3 is 5.97 Å². The van der Waals surface area contributed by atoms with E-state index >= 15 is 0 Å². The van der Waals surface area contributed by atoms with Crippen molar-refractivity contribution in [2.24, 2.45) is 0 Å². The van der Waals surface area contributed by atoms with Gasteiger partial charge in [0.2, 0.25) is 0 Å². The van der Waals surface area contributed by atoms with Crippen molar-refractivity contribution in [3.63, 3.8) is 0 Å². The van der Waals surface area contributed by atoms with Crippen molar-refractivity contribution in [3.05, 3.63) is 12.7 Å². The minimum absolute atomic E-state index is 0. The van der Waals surface area contributed by atoms with Crippen LogP contribution in [0, 0.1) is 0 Å². The van der Waals surface area contributed by atoms with Crippen molar-refractivity contribution in [3.8, 4) is 0 Å². The third kappa shape index (κ3) is 7.60. The van der Waals surface area contributed by atoms with Crippen LogP contribution >= 0.6 is 9.90 Å². The van der Waals surface area contributed by atoms with Gasteiger partial charge in [0, 0.05) is 6.08 Å². The first-order valence-electron chi connectivity index (χ1n) is 2.60. The van der Waals surface area contributed by atoms with E-state index in [2.05, 4.69) is 11.3 Å². The van der Waals surface area contributed by atoms with Crippen LogP contribution in [0.3, 0.4) is 0 Å². The number of carbonyl (C=O) groups is 1. The molecular weight excluding hydrogens is 149 g/mol. The molecular formula is C6H14NO2P. The zero-order valence-corrected chi connectivity index (χ0v) is 7.88. The van der Waals surface area contributed by atoms with Crippen LogP contribution in [0.4, 0.5) is 0 Å². The highest BCUT2D eigenvalue weighted by Gasteiger charge is 1.93. The maximum absolute atomic E-state index is 10.3. The molecule has 0 aromatic heterocycles. The van der Waals surface area contributed by atoms with Gasteiger partial charge in [0.15, 0.2) is 0 Å². The first-order chi connectivity index (χ1) is 4.16. The van der Waals surface area contributed by atoms with E-state index in [-0.39, 0.29) is 15.9 Å². The fraction of sp³-hybridized carbons (Fsp3) is 0.500. The number of hydrogen-bond acceptors (Lipinski definition) is 3. The molecule has 0 fully saturated rings. The fourth-order valence-electron chi connectivity index (χ4n) is 0.252. The summed E-state index contributed by atoms with van der Waals surface area (Å²) in [5.41, 5.74) is 0. The summed E-state index contributed by atoms with van der Waals surface area (Å²) in [5.74, 6) is -0.385. The fourth-order valence-corrected chi connectivity index (χ4v) is 0.252. The van der Waals surface area contributed by atoms with Crippen LogP contribution in [0.5, 0.6) is 0 Å². The van der Waals surface area contributed by atoms with Gasteiger partial charge in [-0.3, -0.25) is 4.90 Å². The average molecular weight is 163 g/mol. The smallest absolute Gasteiger partial charge is 0.331 e. The number of hydrogen-bond donors (Lipinski definition) is 0. The zero-order chi connectivity index (χ0) is 7.28. The summed E-state index contributed by atoms with van der Waals surface area (Å²) in [6, 6.07) is 0. The maximum atomic E-state index is 10.3. The number of ether oxygens (including phenoxy) is 1. The number of nitrogens with zero attached hydrogens (tertiary/aromatic N) is 1. The largest absolute Gasteiger partial charge is 0.446 e. The minimum Gasteiger partial charge on any atom is -0.446 e. The molecule has 10 heavy (non-hydrogen) atoms. The van der Waals surface area contributed by atoms with Crippen LogP contribution in [0.1, 0.15) is 0 Å². The van der Waals surface area contributed by atoms with Crippen molar-refractivity contribution >= 4 is 15.9 Å². The van der Waals surface area contributed by atoms with Gasteiger partial charge in [-0.2, -0.15) is 9.90 Å². The normalized spacial score (nSPS) is 8.30. The lowest BCUT2D eigenvalue weighted by Gasteiger charge is -2.07. The summed E-state index contributed by atoms with van der Waals surface area (Å²) in [4.78, 5) is 12.1. The molecule has 60 valence electrons. The SMILES string of the molecule is C=CC(=O)OCN(C)C.P. The summed E-state index contributed by atoms with van der Waals surface area (Å²) >= 11 is 0. The van der Waals surface area contributed by atoms with Crippen LogP contribution in [0.2, 0.25) is 0 Å². The van der Waals surface area contributed by atoms with E-state index in [1.54, 1.807) is 4.90 Å². The van der Waals surface area contributed by atoms with E-state index in [0.717, 1.165) is 6.08 Å². The van der Waals surface area contributed by atoms with Crippen LogP contribution < -0.4 is 0 Å². The lowest BCUT2D eigenvalue weighted by Crippen LogP contribution is -2.18. The second-order valence-electron chi connectivity index (χ2n) is 1.88. The Kier molecular flexibility index (Phi) is 8.26. The molecule has 0 aliphatic heterocycles. The Balaban J connectivity index is 0. The molecule has 0 saturated heterocycles. The molecule has 0 radical (unpaired) electrons. The first-order valence-corrected chi connectivity index (χ1v) is 2.60. The molecule has 0 N–H and O–H groups in total. The van der Waals surface area contributed by atoms with E-state index in [0.29, 0.717) is 6.73 Å².